The monoisotopic (exact) mass is 273 g/mol. The van der Waals surface area contributed by atoms with E-state index in [0.29, 0.717) is 26.2 Å². The summed E-state index contributed by atoms with van der Waals surface area (Å²) in [6, 6.07) is 0. The second kappa shape index (κ2) is 7.19. The Morgan fingerprint density at radius 1 is 1.06 bits per heavy atom. The summed E-state index contributed by atoms with van der Waals surface area (Å²) >= 11 is 5.24. The van der Waals surface area contributed by atoms with Crippen molar-refractivity contribution in [2.24, 2.45) is 10.8 Å². The molecule has 0 unspecified atom stereocenters. The van der Waals surface area contributed by atoms with Crippen molar-refractivity contribution >= 4 is 23.0 Å². The average molecular weight is 273 g/mol. The largest absolute Gasteiger partial charge is 0.379 e. The van der Waals surface area contributed by atoms with Gasteiger partial charge in [-0.1, -0.05) is 53.8 Å². The van der Waals surface area contributed by atoms with Gasteiger partial charge in [-0.25, -0.2) is 0 Å². The third kappa shape index (κ3) is 7.77. The highest BCUT2D eigenvalue weighted by Gasteiger charge is 2.20. The molecule has 0 bridgehead atoms. The highest BCUT2D eigenvalue weighted by Crippen LogP contribution is 2.16. The van der Waals surface area contributed by atoms with Crippen molar-refractivity contribution in [3.05, 3.63) is 0 Å². The van der Waals surface area contributed by atoms with E-state index in [2.05, 4.69) is 26.1 Å². The first kappa shape index (κ1) is 17.5. The van der Waals surface area contributed by atoms with Crippen molar-refractivity contribution in [3.8, 4) is 0 Å². The molecule has 0 rings (SSSR count). The maximum Gasteiger partial charge on any atom is 0.140 e. The quantitative estimate of drug-likeness (QED) is 0.596. The predicted octanol–water partition coefficient (Wildman–Crippen LogP) is 2.97. The number of thiocarbonyl (C=S) groups is 1. The minimum absolute atomic E-state index is 0.00245. The van der Waals surface area contributed by atoms with E-state index in [1.807, 2.05) is 20.8 Å². The number of ketones is 1. The van der Waals surface area contributed by atoms with Crippen LogP contribution in [0.1, 0.15) is 48.0 Å². The molecule has 0 aliphatic heterocycles. The van der Waals surface area contributed by atoms with Gasteiger partial charge in [-0.2, -0.15) is 0 Å². The molecule has 0 aromatic rings. The van der Waals surface area contributed by atoms with Crippen LogP contribution in [0.15, 0.2) is 0 Å². The zero-order valence-corrected chi connectivity index (χ0v) is 13.4. The van der Waals surface area contributed by atoms with E-state index in [1.165, 1.54) is 0 Å². The zero-order valence-electron chi connectivity index (χ0n) is 12.6. The molecule has 0 aromatic heterocycles. The number of hydrogen-bond donors (Lipinski definition) is 1. The molecule has 106 valence electrons. The van der Waals surface area contributed by atoms with Crippen LogP contribution in [0.2, 0.25) is 0 Å². The summed E-state index contributed by atoms with van der Waals surface area (Å²) in [5, 5.41) is 3.16. The molecule has 0 heterocycles. The van der Waals surface area contributed by atoms with Crippen LogP contribution in [0.3, 0.4) is 0 Å². The van der Waals surface area contributed by atoms with Crippen LogP contribution in [0, 0.1) is 10.8 Å². The number of rotatable bonds is 6. The van der Waals surface area contributed by atoms with Crippen molar-refractivity contribution in [1.29, 1.82) is 0 Å². The Morgan fingerprint density at radius 2 is 1.61 bits per heavy atom. The number of carbonyl (C=O) groups is 1. The van der Waals surface area contributed by atoms with Gasteiger partial charge >= 0.3 is 0 Å². The first-order chi connectivity index (χ1) is 8.05. The highest BCUT2D eigenvalue weighted by atomic mass is 32.1. The van der Waals surface area contributed by atoms with Gasteiger partial charge in [0, 0.05) is 23.8 Å². The Kier molecular flexibility index (Phi) is 7.00. The Morgan fingerprint density at radius 3 is 2.06 bits per heavy atom. The van der Waals surface area contributed by atoms with Gasteiger partial charge in [0.25, 0.3) is 0 Å². The molecule has 0 saturated carbocycles. The lowest BCUT2D eigenvalue weighted by Crippen LogP contribution is -2.35. The first-order valence-electron chi connectivity index (χ1n) is 6.44. The maximum absolute atomic E-state index is 11.6. The first-order valence-corrected chi connectivity index (χ1v) is 6.85. The lowest BCUT2D eigenvalue weighted by atomic mass is 9.89. The minimum atomic E-state index is -0.268. The van der Waals surface area contributed by atoms with Gasteiger partial charge in [0.2, 0.25) is 0 Å². The van der Waals surface area contributed by atoms with E-state index in [4.69, 9.17) is 17.0 Å². The molecule has 0 atom stereocenters. The summed E-state index contributed by atoms with van der Waals surface area (Å²) in [5.41, 5.74) is -0.271. The Hall–Kier alpha value is -0.480. The van der Waals surface area contributed by atoms with Gasteiger partial charge in [-0.15, -0.1) is 0 Å². The molecule has 0 fully saturated rings. The summed E-state index contributed by atoms with van der Waals surface area (Å²) in [7, 11) is 0. The van der Waals surface area contributed by atoms with Crippen molar-refractivity contribution in [1.82, 2.24) is 5.32 Å². The number of nitrogens with one attached hydrogen (secondary N) is 1. The van der Waals surface area contributed by atoms with Crippen LogP contribution in [-0.2, 0) is 9.53 Å². The van der Waals surface area contributed by atoms with E-state index in [1.54, 1.807) is 0 Å². The highest BCUT2D eigenvalue weighted by molar-refractivity contribution is 7.80. The molecule has 0 saturated heterocycles. The molecule has 0 aliphatic carbocycles. The molecular formula is C14H27NO2S. The fraction of sp³-hybridized carbons (Fsp3) is 0.857. The third-order valence-corrected chi connectivity index (χ3v) is 3.28. The normalized spacial score (nSPS) is 12.3. The zero-order chi connectivity index (χ0) is 14.4. The molecule has 0 aromatic carbocycles. The summed E-state index contributed by atoms with van der Waals surface area (Å²) in [5.74, 6) is 0.237. The second-order valence-electron chi connectivity index (χ2n) is 6.54. The molecule has 4 heteroatoms. The van der Waals surface area contributed by atoms with E-state index in [9.17, 15) is 4.79 Å². The SMILES string of the molecule is CC(C)(C)C(=O)CCOCCNC(=S)C(C)(C)C. The topological polar surface area (TPSA) is 38.3 Å². The van der Waals surface area contributed by atoms with Crippen LogP contribution < -0.4 is 5.32 Å². The van der Waals surface area contributed by atoms with Gasteiger partial charge in [0.05, 0.1) is 18.2 Å². The van der Waals surface area contributed by atoms with Gasteiger partial charge in [0.15, 0.2) is 0 Å². The lowest BCUT2D eigenvalue weighted by molar-refractivity contribution is -0.127. The average Bonchev–Trinajstić information content (AvgIpc) is 2.19. The molecule has 1 N–H and O–H groups in total. The molecule has 0 radical (unpaired) electrons. The van der Waals surface area contributed by atoms with Gasteiger partial charge in [0.1, 0.15) is 5.78 Å². The van der Waals surface area contributed by atoms with Crippen LogP contribution in [-0.4, -0.2) is 30.5 Å². The summed E-state index contributed by atoms with van der Waals surface area (Å²) in [6.45, 7) is 13.8. The minimum Gasteiger partial charge on any atom is -0.379 e. The van der Waals surface area contributed by atoms with Gasteiger partial charge in [-0.05, 0) is 0 Å². The molecule has 18 heavy (non-hydrogen) atoms. The summed E-state index contributed by atoms with van der Waals surface area (Å²) in [6.07, 6.45) is 0.479. The van der Waals surface area contributed by atoms with Crippen molar-refractivity contribution < 1.29 is 9.53 Å². The summed E-state index contributed by atoms with van der Waals surface area (Å²) in [4.78, 5) is 12.5. The van der Waals surface area contributed by atoms with Crippen molar-refractivity contribution in [3.63, 3.8) is 0 Å². The lowest BCUT2D eigenvalue weighted by Gasteiger charge is -2.21. The molecule has 3 nitrogen and oxygen atoms in total. The van der Waals surface area contributed by atoms with Crippen LogP contribution in [0.4, 0.5) is 0 Å². The fourth-order valence-corrected chi connectivity index (χ4v) is 1.25. The van der Waals surface area contributed by atoms with E-state index in [-0.39, 0.29) is 16.6 Å². The molecule has 0 amide bonds. The second-order valence-corrected chi connectivity index (χ2v) is 6.95. The number of carbonyl (C=O) groups excluding carboxylic acids is 1. The van der Waals surface area contributed by atoms with Gasteiger partial charge < -0.3 is 10.1 Å². The van der Waals surface area contributed by atoms with E-state index >= 15 is 0 Å². The molecule has 0 spiro atoms. The standard InChI is InChI=1S/C14H27NO2S/c1-13(2,3)11(16)7-9-17-10-8-15-12(18)14(4,5)6/h7-10H2,1-6H3,(H,15,18). The van der Waals surface area contributed by atoms with Crippen LogP contribution >= 0.6 is 12.2 Å². The van der Waals surface area contributed by atoms with Gasteiger partial charge in [-0.3, -0.25) is 4.79 Å². The van der Waals surface area contributed by atoms with E-state index in [0.717, 1.165) is 4.99 Å². The predicted molar refractivity (Wildman–Crippen MR) is 80.0 cm³/mol. The van der Waals surface area contributed by atoms with Crippen molar-refractivity contribution in [2.75, 3.05) is 19.8 Å². The third-order valence-electron chi connectivity index (χ3n) is 2.52. The maximum atomic E-state index is 11.6. The Balaban J connectivity index is 3.60. The van der Waals surface area contributed by atoms with E-state index < -0.39 is 0 Å². The summed E-state index contributed by atoms with van der Waals surface area (Å²) < 4.78 is 5.42. The number of Topliss-reactive ketones (excluding diaryl/α,β-unsaturated/α-hetero) is 1. The Bertz CT molecular complexity index is 257. The molecular weight excluding hydrogens is 246 g/mol. The number of hydrogen-bond acceptors (Lipinski definition) is 3. The molecule has 0 aliphatic rings. The van der Waals surface area contributed by atoms with Crippen LogP contribution in [0.25, 0.3) is 0 Å². The Labute approximate surface area is 117 Å². The smallest absolute Gasteiger partial charge is 0.140 e. The van der Waals surface area contributed by atoms with Crippen molar-refractivity contribution in [2.45, 2.75) is 48.0 Å². The number of ether oxygens (including phenoxy) is 1. The van der Waals surface area contributed by atoms with Crippen LogP contribution in [0.5, 0.6) is 0 Å². The fourth-order valence-electron chi connectivity index (χ4n) is 1.14.